The monoisotopic (exact) mass is 267 g/mol. The summed E-state index contributed by atoms with van der Waals surface area (Å²) in [6.45, 7) is 5.60. The summed E-state index contributed by atoms with van der Waals surface area (Å²) in [6.07, 6.45) is 14.6. The molecule has 2 saturated carbocycles. The molecule has 2 aliphatic carbocycles. The van der Waals surface area contributed by atoms with Crippen LogP contribution in [0.1, 0.15) is 78.1 Å². The zero-order valence-electron chi connectivity index (χ0n) is 13.0. The van der Waals surface area contributed by atoms with Crippen molar-refractivity contribution in [1.29, 1.82) is 0 Å². The van der Waals surface area contributed by atoms with Crippen molar-refractivity contribution in [2.75, 3.05) is 6.54 Å². The van der Waals surface area contributed by atoms with Gasteiger partial charge in [-0.1, -0.05) is 45.4 Å². The first-order chi connectivity index (χ1) is 9.28. The molecular formula is C17H33NO. The Balaban J connectivity index is 1.61. The molecular weight excluding hydrogens is 234 g/mol. The summed E-state index contributed by atoms with van der Waals surface area (Å²) >= 11 is 0. The molecule has 0 radical (unpaired) electrons. The molecule has 0 saturated heterocycles. The van der Waals surface area contributed by atoms with Gasteiger partial charge in [-0.3, -0.25) is 0 Å². The van der Waals surface area contributed by atoms with Crippen LogP contribution in [0, 0.1) is 5.92 Å². The van der Waals surface area contributed by atoms with E-state index in [0.29, 0.717) is 12.2 Å². The van der Waals surface area contributed by atoms with Gasteiger partial charge in [0.05, 0.1) is 12.2 Å². The van der Waals surface area contributed by atoms with Gasteiger partial charge in [0.15, 0.2) is 0 Å². The minimum atomic E-state index is 0.377. The second-order valence-electron chi connectivity index (χ2n) is 6.75. The number of ether oxygens (including phenoxy) is 1. The van der Waals surface area contributed by atoms with Gasteiger partial charge >= 0.3 is 0 Å². The first kappa shape index (κ1) is 15.3. The third-order valence-corrected chi connectivity index (χ3v) is 5.04. The molecule has 2 nitrogen and oxygen atoms in total. The lowest BCUT2D eigenvalue weighted by Crippen LogP contribution is -2.38. The Labute approximate surface area is 119 Å². The SMILES string of the molecule is CCC1CCCC(OC(C)CNC2CCCCC2)C1. The molecule has 3 atom stereocenters. The summed E-state index contributed by atoms with van der Waals surface area (Å²) in [7, 11) is 0. The summed E-state index contributed by atoms with van der Waals surface area (Å²) in [5.74, 6) is 0.914. The number of rotatable bonds is 6. The lowest BCUT2D eigenvalue weighted by atomic mass is 9.85. The van der Waals surface area contributed by atoms with Gasteiger partial charge in [0.25, 0.3) is 0 Å². The molecule has 0 aromatic rings. The van der Waals surface area contributed by atoms with Crippen LogP contribution in [0.2, 0.25) is 0 Å². The minimum absolute atomic E-state index is 0.377. The number of hydrogen-bond donors (Lipinski definition) is 1. The predicted octanol–water partition coefficient (Wildman–Crippen LogP) is 4.28. The molecule has 0 bridgehead atoms. The predicted molar refractivity (Wildman–Crippen MR) is 81.5 cm³/mol. The molecule has 0 aromatic carbocycles. The minimum Gasteiger partial charge on any atom is -0.374 e. The van der Waals surface area contributed by atoms with Crippen LogP contribution in [0.25, 0.3) is 0 Å². The molecule has 0 amide bonds. The van der Waals surface area contributed by atoms with Crippen LogP contribution in [-0.2, 0) is 4.74 Å². The van der Waals surface area contributed by atoms with Crippen molar-refractivity contribution in [3.63, 3.8) is 0 Å². The van der Waals surface area contributed by atoms with Crippen molar-refractivity contribution < 1.29 is 4.74 Å². The summed E-state index contributed by atoms with van der Waals surface area (Å²) in [5.41, 5.74) is 0. The highest BCUT2D eigenvalue weighted by Gasteiger charge is 2.23. The van der Waals surface area contributed by atoms with Crippen molar-refractivity contribution in [2.24, 2.45) is 5.92 Å². The van der Waals surface area contributed by atoms with E-state index in [1.165, 1.54) is 64.2 Å². The van der Waals surface area contributed by atoms with Gasteiger partial charge < -0.3 is 10.1 Å². The van der Waals surface area contributed by atoms with E-state index in [1.54, 1.807) is 0 Å². The second-order valence-corrected chi connectivity index (χ2v) is 6.75. The molecule has 2 fully saturated rings. The normalized spacial score (nSPS) is 31.3. The lowest BCUT2D eigenvalue weighted by molar-refractivity contribution is -0.0326. The van der Waals surface area contributed by atoms with Gasteiger partial charge in [-0.2, -0.15) is 0 Å². The Morgan fingerprint density at radius 1 is 1.05 bits per heavy atom. The smallest absolute Gasteiger partial charge is 0.0675 e. The first-order valence-corrected chi connectivity index (χ1v) is 8.66. The maximum atomic E-state index is 6.25. The van der Waals surface area contributed by atoms with Crippen LogP contribution in [0.3, 0.4) is 0 Å². The van der Waals surface area contributed by atoms with Gasteiger partial charge in [-0.05, 0) is 38.5 Å². The number of nitrogens with one attached hydrogen (secondary N) is 1. The molecule has 112 valence electrons. The average Bonchev–Trinajstić information content (AvgIpc) is 2.46. The molecule has 0 heterocycles. The topological polar surface area (TPSA) is 21.3 Å². The highest BCUT2D eigenvalue weighted by Crippen LogP contribution is 2.29. The van der Waals surface area contributed by atoms with Crippen LogP contribution >= 0.6 is 0 Å². The summed E-state index contributed by atoms with van der Waals surface area (Å²) in [4.78, 5) is 0. The zero-order valence-corrected chi connectivity index (χ0v) is 13.0. The third-order valence-electron chi connectivity index (χ3n) is 5.04. The highest BCUT2D eigenvalue weighted by molar-refractivity contribution is 4.76. The Morgan fingerprint density at radius 3 is 2.58 bits per heavy atom. The Hall–Kier alpha value is -0.0800. The fraction of sp³-hybridized carbons (Fsp3) is 1.00. The molecule has 1 N–H and O–H groups in total. The summed E-state index contributed by atoms with van der Waals surface area (Å²) in [5, 5.41) is 3.71. The third kappa shape index (κ3) is 5.43. The van der Waals surface area contributed by atoms with Gasteiger partial charge in [0.1, 0.15) is 0 Å². The first-order valence-electron chi connectivity index (χ1n) is 8.66. The molecule has 2 rings (SSSR count). The van der Waals surface area contributed by atoms with E-state index in [9.17, 15) is 0 Å². The standard InChI is InChI=1S/C17H33NO/c1-3-15-8-7-11-17(12-15)19-14(2)13-18-16-9-5-4-6-10-16/h14-18H,3-13H2,1-2H3. The molecule has 2 heteroatoms. The largest absolute Gasteiger partial charge is 0.374 e. The zero-order chi connectivity index (χ0) is 13.5. The van der Waals surface area contributed by atoms with Crippen molar-refractivity contribution >= 4 is 0 Å². The van der Waals surface area contributed by atoms with Gasteiger partial charge in [-0.15, -0.1) is 0 Å². The Bertz CT molecular complexity index is 237. The van der Waals surface area contributed by atoms with Crippen molar-refractivity contribution in [2.45, 2.75) is 96.3 Å². The van der Waals surface area contributed by atoms with Crippen LogP contribution in [-0.4, -0.2) is 24.8 Å². The van der Waals surface area contributed by atoms with Crippen LogP contribution < -0.4 is 5.32 Å². The number of hydrogen-bond acceptors (Lipinski definition) is 2. The fourth-order valence-corrected chi connectivity index (χ4v) is 3.75. The van der Waals surface area contributed by atoms with E-state index >= 15 is 0 Å². The van der Waals surface area contributed by atoms with E-state index in [2.05, 4.69) is 19.2 Å². The second kappa shape index (κ2) is 8.26. The van der Waals surface area contributed by atoms with Crippen LogP contribution in [0.15, 0.2) is 0 Å². The molecule has 2 aliphatic rings. The van der Waals surface area contributed by atoms with Gasteiger partial charge in [0, 0.05) is 12.6 Å². The molecule has 3 unspecified atom stereocenters. The average molecular weight is 267 g/mol. The maximum absolute atomic E-state index is 6.25. The van der Waals surface area contributed by atoms with Gasteiger partial charge in [0.2, 0.25) is 0 Å². The van der Waals surface area contributed by atoms with Gasteiger partial charge in [-0.25, -0.2) is 0 Å². The molecule has 0 spiro atoms. The van der Waals surface area contributed by atoms with E-state index in [1.807, 2.05) is 0 Å². The molecule has 0 aliphatic heterocycles. The maximum Gasteiger partial charge on any atom is 0.0675 e. The highest BCUT2D eigenvalue weighted by atomic mass is 16.5. The fourth-order valence-electron chi connectivity index (χ4n) is 3.75. The quantitative estimate of drug-likeness (QED) is 0.775. The van der Waals surface area contributed by atoms with Crippen molar-refractivity contribution in [3.8, 4) is 0 Å². The van der Waals surface area contributed by atoms with E-state index in [-0.39, 0.29) is 0 Å². The summed E-state index contributed by atoms with van der Waals surface area (Å²) < 4.78 is 6.25. The van der Waals surface area contributed by atoms with Crippen molar-refractivity contribution in [1.82, 2.24) is 5.32 Å². The van der Waals surface area contributed by atoms with E-state index in [4.69, 9.17) is 4.74 Å². The lowest BCUT2D eigenvalue weighted by Gasteiger charge is -2.31. The van der Waals surface area contributed by atoms with Crippen molar-refractivity contribution in [3.05, 3.63) is 0 Å². The molecule has 19 heavy (non-hydrogen) atoms. The Morgan fingerprint density at radius 2 is 1.84 bits per heavy atom. The Kier molecular flexibility index (Phi) is 6.66. The van der Waals surface area contributed by atoms with E-state index in [0.717, 1.165) is 18.5 Å². The summed E-state index contributed by atoms with van der Waals surface area (Å²) in [6, 6.07) is 0.759. The van der Waals surface area contributed by atoms with Crippen LogP contribution in [0.4, 0.5) is 0 Å². The molecule has 0 aromatic heterocycles. The van der Waals surface area contributed by atoms with E-state index < -0.39 is 0 Å². The van der Waals surface area contributed by atoms with Crippen LogP contribution in [0.5, 0.6) is 0 Å².